The normalized spacial score (nSPS) is 10.3. The van der Waals surface area contributed by atoms with Crippen LogP contribution < -0.4 is 5.32 Å². The van der Waals surface area contributed by atoms with Crippen LogP contribution in [0.3, 0.4) is 0 Å². The number of aromatic nitrogens is 1. The Balaban J connectivity index is 2.03. The molecule has 2 aromatic rings. The minimum absolute atomic E-state index is 0.0346. The zero-order chi connectivity index (χ0) is 16.1. The molecule has 0 saturated heterocycles. The summed E-state index contributed by atoms with van der Waals surface area (Å²) in [4.78, 5) is 27.4. The van der Waals surface area contributed by atoms with Gasteiger partial charge >= 0.3 is 5.97 Å². The van der Waals surface area contributed by atoms with Crippen LogP contribution >= 0.6 is 27.3 Å². The largest absolute Gasteiger partial charge is 0.466 e. The zero-order valence-corrected chi connectivity index (χ0v) is 14.0. The summed E-state index contributed by atoms with van der Waals surface area (Å²) in [5.41, 5.74) is 0.417. The molecule has 0 spiro atoms. The third kappa shape index (κ3) is 4.35. The Morgan fingerprint density at radius 1 is 1.45 bits per heavy atom. The Hall–Kier alpha value is -1.80. The number of carbonyl (C=O) groups is 2. The number of halogens is 2. The van der Waals surface area contributed by atoms with Crippen molar-refractivity contribution in [1.82, 2.24) is 4.98 Å². The van der Waals surface area contributed by atoms with Crippen LogP contribution in [0.5, 0.6) is 0 Å². The van der Waals surface area contributed by atoms with Crippen molar-refractivity contribution in [3.63, 3.8) is 0 Å². The van der Waals surface area contributed by atoms with E-state index >= 15 is 0 Å². The Labute approximate surface area is 138 Å². The fraction of sp³-hybridized carbons (Fsp3) is 0.214. The number of esters is 1. The van der Waals surface area contributed by atoms with Crippen molar-refractivity contribution in [3.05, 3.63) is 45.1 Å². The van der Waals surface area contributed by atoms with E-state index in [1.165, 1.54) is 12.1 Å². The van der Waals surface area contributed by atoms with Crippen molar-refractivity contribution in [2.75, 3.05) is 11.9 Å². The smallest absolute Gasteiger partial charge is 0.311 e. The van der Waals surface area contributed by atoms with Gasteiger partial charge < -0.3 is 4.74 Å². The van der Waals surface area contributed by atoms with E-state index in [2.05, 4.69) is 26.2 Å². The average molecular weight is 387 g/mol. The van der Waals surface area contributed by atoms with Gasteiger partial charge in [0.05, 0.1) is 24.3 Å². The van der Waals surface area contributed by atoms with Crippen molar-refractivity contribution >= 4 is 44.3 Å². The minimum Gasteiger partial charge on any atom is -0.466 e. The molecule has 0 fully saturated rings. The summed E-state index contributed by atoms with van der Waals surface area (Å²) >= 11 is 4.28. The molecule has 0 radical (unpaired) electrons. The number of carbonyl (C=O) groups excluding carboxylic acids is 2. The molecular weight excluding hydrogens is 375 g/mol. The lowest BCUT2D eigenvalue weighted by atomic mass is 10.2. The minimum atomic E-state index is -0.629. The van der Waals surface area contributed by atoms with Crippen molar-refractivity contribution in [2.24, 2.45) is 0 Å². The number of hydrogen-bond donors (Lipinski definition) is 1. The Kier molecular flexibility index (Phi) is 5.62. The van der Waals surface area contributed by atoms with E-state index < -0.39 is 11.7 Å². The molecule has 1 N–H and O–H groups in total. The molecule has 1 aromatic heterocycles. The molecule has 0 atom stereocenters. The number of anilines is 1. The second-order valence-electron chi connectivity index (χ2n) is 4.20. The molecule has 22 heavy (non-hydrogen) atoms. The van der Waals surface area contributed by atoms with Crippen LogP contribution in [-0.4, -0.2) is 23.5 Å². The predicted octanol–water partition coefficient (Wildman–Crippen LogP) is 3.40. The summed E-state index contributed by atoms with van der Waals surface area (Å²) in [6.45, 7) is 2.02. The van der Waals surface area contributed by atoms with Gasteiger partial charge in [0.1, 0.15) is 5.82 Å². The molecule has 8 heteroatoms. The van der Waals surface area contributed by atoms with Crippen molar-refractivity contribution < 1.29 is 18.7 Å². The maximum atomic E-state index is 13.7. The number of benzene rings is 1. The molecule has 0 saturated carbocycles. The summed E-state index contributed by atoms with van der Waals surface area (Å²) < 4.78 is 19.1. The molecule has 0 unspecified atom stereocenters. The number of nitrogens with one attached hydrogen (secondary N) is 1. The topological polar surface area (TPSA) is 68.3 Å². The first kappa shape index (κ1) is 16.6. The predicted molar refractivity (Wildman–Crippen MR) is 84.5 cm³/mol. The fourth-order valence-electron chi connectivity index (χ4n) is 1.64. The van der Waals surface area contributed by atoms with E-state index in [4.69, 9.17) is 4.74 Å². The van der Waals surface area contributed by atoms with Gasteiger partial charge in [0, 0.05) is 9.85 Å². The third-order valence-electron chi connectivity index (χ3n) is 2.58. The molecule has 0 aliphatic heterocycles. The number of ether oxygens (including phenoxy) is 1. The second kappa shape index (κ2) is 7.46. The molecule has 1 amide bonds. The Bertz CT molecular complexity index is 705. The Morgan fingerprint density at radius 2 is 2.23 bits per heavy atom. The molecule has 5 nitrogen and oxygen atoms in total. The summed E-state index contributed by atoms with van der Waals surface area (Å²) in [5, 5.41) is 4.45. The number of nitrogens with zero attached hydrogens (tertiary/aromatic N) is 1. The number of hydrogen-bond acceptors (Lipinski definition) is 5. The van der Waals surface area contributed by atoms with Gasteiger partial charge in [-0.25, -0.2) is 9.37 Å². The van der Waals surface area contributed by atoms with E-state index in [1.807, 2.05) is 0 Å². The van der Waals surface area contributed by atoms with Crippen LogP contribution in [0, 0.1) is 5.82 Å². The van der Waals surface area contributed by atoms with Crippen molar-refractivity contribution in [2.45, 2.75) is 13.3 Å². The Morgan fingerprint density at radius 3 is 2.91 bits per heavy atom. The third-order valence-corrected chi connectivity index (χ3v) is 3.88. The monoisotopic (exact) mass is 386 g/mol. The first-order valence-corrected chi connectivity index (χ1v) is 8.03. The van der Waals surface area contributed by atoms with Gasteiger partial charge in [0.25, 0.3) is 5.91 Å². The van der Waals surface area contributed by atoms with E-state index in [9.17, 15) is 14.0 Å². The fourth-order valence-corrected chi connectivity index (χ4v) is 2.68. The maximum absolute atomic E-state index is 13.7. The summed E-state index contributed by atoms with van der Waals surface area (Å²) in [6, 6.07) is 4.16. The lowest BCUT2D eigenvalue weighted by Gasteiger charge is -2.03. The lowest BCUT2D eigenvalue weighted by Crippen LogP contribution is -2.14. The number of rotatable bonds is 5. The van der Waals surface area contributed by atoms with Gasteiger partial charge in [0.2, 0.25) is 0 Å². The zero-order valence-electron chi connectivity index (χ0n) is 11.6. The van der Waals surface area contributed by atoms with Crippen LogP contribution in [0.25, 0.3) is 0 Å². The van der Waals surface area contributed by atoms with Crippen molar-refractivity contribution in [1.29, 1.82) is 0 Å². The van der Waals surface area contributed by atoms with E-state index in [0.717, 1.165) is 11.3 Å². The number of thiazole rings is 1. The number of amides is 1. The van der Waals surface area contributed by atoms with Gasteiger partial charge in [-0.2, -0.15) is 0 Å². The highest BCUT2D eigenvalue weighted by Crippen LogP contribution is 2.19. The molecule has 0 aliphatic carbocycles. The molecular formula is C14H12BrFN2O3S. The summed E-state index contributed by atoms with van der Waals surface area (Å²) in [5.74, 6) is -1.61. The first-order chi connectivity index (χ1) is 10.5. The quantitative estimate of drug-likeness (QED) is 0.799. The van der Waals surface area contributed by atoms with Gasteiger partial charge in [-0.15, -0.1) is 11.3 Å². The molecule has 0 bridgehead atoms. The maximum Gasteiger partial charge on any atom is 0.311 e. The highest BCUT2D eigenvalue weighted by molar-refractivity contribution is 9.10. The van der Waals surface area contributed by atoms with Crippen LogP contribution in [0.2, 0.25) is 0 Å². The van der Waals surface area contributed by atoms with Gasteiger partial charge in [-0.1, -0.05) is 15.9 Å². The highest BCUT2D eigenvalue weighted by Gasteiger charge is 2.15. The van der Waals surface area contributed by atoms with E-state index in [1.54, 1.807) is 18.4 Å². The standard InChI is InChI=1S/C14H12BrFN2O3S/c1-2-21-12(19)6-9-7-22-14(17-9)18-13(20)10-4-3-8(15)5-11(10)16/h3-5,7H,2,6H2,1H3,(H,17,18,20). The molecule has 1 heterocycles. The van der Waals surface area contributed by atoms with Gasteiger partial charge in [0.15, 0.2) is 5.13 Å². The molecule has 116 valence electrons. The van der Waals surface area contributed by atoms with Crippen LogP contribution in [-0.2, 0) is 16.0 Å². The van der Waals surface area contributed by atoms with Crippen LogP contribution in [0.15, 0.2) is 28.1 Å². The molecule has 0 aliphatic rings. The average Bonchev–Trinajstić information content (AvgIpc) is 2.85. The van der Waals surface area contributed by atoms with Crippen molar-refractivity contribution in [3.8, 4) is 0 Å². The molecule has 1 aromatic carbocycles. The van der Waals surface area contributed by atoms with Crippen LogP contribution in [0.1, 0.15) is 23.0 Å². The van der Waals surface area contributed by atoms with E-state index in [-0.39, 0.29) is 18.0 Å². The second-order valence-corrected chi connectivity index (χ2v) is 5.98. The SMILES string of the molecule is CCOC(=O)Cc1csc(NC(=O)c2ccc(Br)cc2F)n1. The van der Waals surface area contributed by atoms with Gasteiger partial charge in [-0.3, -0.25) is 14.9 Å². The lowest BCUT2D eigenvalue weighted by molar-refractivity contribution is -0.142. The van der Waals surface area contributed by atoms with E-state index in [0.29, 0.717) is 21.9 Å². The molecule has 2 rings (SSSR count). The van der Waals surface area contributed by atoms with Crippen LogP contribution in [0.4, 0.5) is 9.52 Å². The summed E-state index contributed by atoms with van der Waals surface area (Å²) in [6.07, 6.45) is 0.0346. The summed E-state index contributed by atoms with van der Waals surface area (Å²) in [7, 11) is 0. The highest BCUT2D eigenvalue weighted by atomic mass is 79.9. The first-order valence-electron chi connectivity index (χ1n) is 6.36. The van der Waals surface area contributed by atoms with Gasteiger partial charge in [-0.05, 0) is 25.1 Å².